The molecule has 1 atom stereocenters. The first-order chi connectivity index (χ1) is 14.3. The summed E-state index contributed by atoms with van der Waals surface area (Å²) in [5.41, 5.74) is 0.447. The summed E-state index contributed by atoms with van der Waals surface area (Å²) in [5, 5.41) is 32.2. The van der Waals surface area contributed by atoms with Gasteiger partial charge in [-0.05, 0) is 25.1 Å². The number of benzene rings is 2. The quantitative estimate of drug-likeness (QED) is 0.344. The van der Waals surface area contributed by atoms with Crippen molar-refractivity contribution in [1.29, 1.82) is 0 Å². The van der Waals surface area contributed by atoms with Crippen LogP contribution in [0.4, 0.5) is 17.1 Å². The molecule has 1 unspecified atom stereocenters. The van der Waals surface area contributed by atoms with Gasteiger partial charge in [-0.3, -0.25) is 20.2 Å². The molecule has 3 aromatic rings. The lowest BCUT2D eigenvalue weighted by Gasteiger charge is -2.12. The van der Waals surface area contributed by atoms with Crippen molar-refractivity contribution in [2.45, 2.75) is 13.0 Å². The van der Waals surface area contributed by atoms with Gasteiger partial charge >= 0.3 is 5.97 Å². The first-order valence-electron chi connectivity index (χ1n) is 8.55. The van der Waals surface area contributed by atoms with E-state index in [1.165, 1.54) is 43.3 Å². The summed E-state index contributed by atoms with van der Waals surface area (Å²) < 4.78 is 10.8. The van der Waals surface area contributed by atoms with Crippen LogP contribution in [0.5, 0.6) is 0 Å². The molecule has 1 aromatic heterocycles. The largest absolute Gasteiger partial charge is 0.449 e. The van der Waals surface area contributed by atoms with Crippen LogP contribution in [-0.4, -0.2) is 33.1 Å². The van der Waals surface area contributed by atoms with Crippen molar-refractivity contribution in [2.75, 3.05) is 12.4 Å². The molecule has 0 spiro atoms. The summed E-state index contributed by atoms with van der Waals surface area (Å²) in [6, 6.07) is 9.27. The highest BCUT2D eigenvalue weighted by atomic mass is 16.6. The summed E-state index contributed by atoms with van der Waals surface area (Å²) in [4.78, 5) is 33.1. The van der Waals surface area contributed by atoms with Crippen molar-refractivity contribution in [3.8, 4) is 11.5 Å². The van der Waals surface area contributed by atoms with Crippen molar-refractivity contribution in [1.82, 2.24) is 10.2 Å². The van der Waals surface area contributed by atoms with Crippen molar-refractivity contribution in [3.05, 3.63) is 74.1 Å². The molecule has 12 heteroatoms. The number of hydrogen-bond acceptors (Lipinski definition) is 10. The highest BCUT2D eigenvalue weighted by Gasteiger charge is 2.23. The molecule has 1 heterocycles. The van der Waals surface area contributed by atoms with E-state index in [1.54, 1.807) is 7.05 Å². The van der Waals surface area contributed by atoms with Crippen LogP contribution < -0.4 is 5.32 Å². The van der Waals surface area contributed by atoms with Gasteiger partial charge in [0.2, 0.25) is 5.89 Å². The third-order valence-electron chi connectivity index (χ3n) is 4.10. The van der Waals surface area contributed by atoms with Crippen LogP contribution >= 0.6 is 0 Å². The maximum atomic E-state index is 12.5. The fraction of sp³-hybridized carbons (Fsp3) is 0.167. The van der Waals surface area contributed by atoms with Crippen molar-refractivity contribution < 1.29 is 23.8 Å². The molecule has 154 valence electrons. The fourth-order valence-electron chi connectivity index (χ4n) is 2.55. The molecule has 0 saturated carbocycles. The summed E-state index contributed by atoms with van der Waals surface area (Å²) in [6.45, 7) is 1.50. The Balaban J connectivity index is 1.77. The van der Waals surface area contributed by atoms with Gasteiger partial charge in [-0.2, -0.15) is 0 Å². The molecule has 12 nitrogen and oxygen atoms in total. The Bertz CT molecular complexity index is 1110. The molecular formula is C18H15N5O7. The molecule has 0 aliphatic carbocycles. The Morgan fingerprint density at radius 1 is 1.07 bits per heavy atom. The van der Waals surface area contributed by atoms with Crippen molar-refractivity contribution >= 4 is 23.0 Å². The predicted octanol–water partition coefficient (Wildman–Crippen LogP) is 3.51. The van der Waals surface area contributed by atoms with Gasteiger partial charge < -0.3 is 14.5 Å². The average Bonchev–Trinajstić information content (AvgIpc) is 3.23. The standard InChI is InChI=1S/C18H15N5O7/c1-10(29-18(24)14-9-13(23(27)28)7-8-15(14)19-2)16-20-21-17(30-16)11-3-5-12(6-4-11)22(25)26/h3-10,19H,1-2H3. The summed E-state index contributed by atoms with van der Waals surface area (Å²) in [7, 11) is 1.57. The molecule has 0 fully saturated rings. The van der Waals surface area contributed by atoms with Gasteiger partial charge in [-0.25, -0.2) is 4.79 Å². The molecule has 0 aliphatic rings. The summed E-state index contributed by atoms with van der Waals surface area (Å²) in [6.07, 6.45) is -0.944. The zero-order valence-corrected chi connectivity index (χ0v) is 15.8. The number of carbonyl (C=O) groups excluding carboxylic acids is 1. The van der Waals surface area contributed by atoms with Crippen LogP contribution in [0.2, 0.25) is 0 Å². The molecule has 0 bridgehead atoms. The molecule has 0 saturated heterocycles. The van der Waals surface area contributed by atoms with Crippen LogP contribution in [0.1, 0.15) is 29.3 Å². The number of carbonyl (C=O) groups is 1. The second-order valence-electron chi connectivity index (χ2n) is 6.03. The van der Waals surface area contributed by atoms with E-state index in [1.807, 2.05) is 0 Å². The number of non-ortho nitro benzene ring substituents is 2. The zero-order chi connectivity index (χ0) is 21.8. The van der Waals surface area contributed by atoms with Gasteiger partial charge in [0.25, 0.3) is 17.3 Å². The van der Waals surface area contributed by atoms with Gasteiger partial charge in [-0.1, -0.05) is 0 Å². The van der Waals surface area contributed by atoms with Crippen LogP contribution in [0.15, 0.2) is 46.9 Å². The summed E-state index contributed by atoms with van der Waals surface area (Å²) in [5.74, 6) is -0.729. The number of nitrogens with zero attached hydrogens (tertiary/aromatic N) is 4. The molecule has 3 rings (SSSR count). The summed E-state index contributed by atoms with van der Waals surface area (Å²) >= 11 is 0. The Kier molecular flexibility index (Phi) is 5.67. The molecule has 2 aromatic carbocycles. The first kappa shape index (κ1) is 20.4. The number of nitro groups is 2. The van der Waals surface area contributed by atoms with E-state index in [9.17, 15) is 25.0 Å². The Morgan fingerprint density at radius 2 is 1.70 bits per heavy atom. The van der Waals surface area contributed by atoms with Crippen LogP contribution in [0.3, 0.4) is 0 Å². The third-order valence-corrected chi connectivity index (χ3v) is 4.10. The minimum atomic E-state index is -0.944. The zero-order valence-electron chi connectivity index (χ0n) is 15.8. The monoisotopic (exact) mass is 413 g/mol. The highest BCUT2D eigenvalue weighted by molar-refractivity contribution is 5.96. The van der Waals surface area contributed by atoms with Crippen LogP contribution in [-0.2, 0) is 4.74 Å². The van der Waals surface area contributed by atoms with E-state index in [-0.39, 0.29) is 28.7 Å². The minimum Gasteiger partial charge on any atom is -0.449 e. The number of anilines is 1. The predicted molar refractivity (Wildman–Crippen MR) is 103 cm³/mol. The third kappa shape index (κ3) is 4.22. The lowest BCUT2D eigenvalue weighted by Crippen LogP contribution is -2.12. The number of nitrogens with one attached hydrogen (secondary N) is 1. The number of esters is 1. The Labute approximate surface area is 168 Å². The molecular weight excluding hydrogens is 398 g/mol. The second-order valence-corrected chi connectivity index (χ2v) is 6.03. The van der Waals surface area contributed by atoms with E-state index < -0.39 is 21.9 Å². The maximum Gasteiger partial charge on any atom is 0.341 e. The topological polar surface area (TPSA) is 164 Å². The SMILES string of the molecule is CNc1ccc([N+](=O)[O-])cc1C(=O)OC(C)c1nnc(-c2ccc([N+](=O)[O-])cc2)o1. The minimum absolute atomic E-state index is 0.00635. The van der Waals surface area contributed by atoms with E-state index in [0.717, 1.165) is 6.07 Å². The Morgan fingerprint density at radius 3 is 2.30 bits per heavy atom. The smallest absolute Gasteiger partial charge is 0.341 e. The fourth-order valence-corrected chi connectivity index (χ4v) is 2.55. The maximum absolute atomic E-state index is 12.5. The average molecular weight is 413 g/mol. The number of nitro benzene ring substituents is 2. The normalized spacial score (nSPS) is 11.5. The lowest BCUT2D eigenvalue weighted by molar-refractivity contribution is -0.385. The van der Waals surface area contributed by atoms with Crippen LogP contribution in [0.25, 0.3) is 11.5 Å². The van der Waals surface area contributed by atoms with Gasteiger partial charge in [0.1, 0.15) is 0 Å². The second kappa shape index (κ2) is 8.34. The van der Waals surface area contributed by atoms with E-state index in [2.05, 4.69) is 15.5 Å². The van der Waals surface area contributed by atoms with E-state index >= 15 is 0 Å². The molecule has 30 heavy (non-hydrogen) atoms. The first-order valence-corrected chi connectivity index (χ1v) is 8.55. The van der Waals surface area contributed by atoms with Crippen molar-refractivity contribution in [3.63, 3.8) is 0 Å². The molecule has 0 aliphatic heterocycles. The molecule has 0 radical (unpaired) electrons. The van der Waals surface area contributed by atoms with Gasteiger partial charge in [0.05, 0.1) is 15.4 Å². The number of hydrogen-bond donors (Lipinski definition) is 1. The van der Waals surface area contributed by atoms with Gasteiger partial charge in [-0.15, -0.1) is 10.2 Å². The van der Waals surface area contributed by atoms with Crippen LogP contribution in [0, 0.1) is 20.2 Å². The highest BCUT2D eigenvalue weighted by Crippen LogP contribution is 2.27. The molecule has 1 N–H and O–H groups in total. The van der Waals surface area contributed by atoms with Gasteiger partial charge in [0.15, 0.2) is 6.10 Å². The number of rotatable bonds is 7. The van der Waals surface area contributed by atoms with Crippen molar-refractivity contribution in [2.24, 2.45) is 0 Å². The van der Waals surface area contributed by atoms with Gasteiger partial charge in [0, 0.05) is 42.6 Å². The Hall–Kier alpha value is -4.35. The van der Waals surface area contributed by atoms with E-state index in [4.69, 9.17) is 9.15 Å². The number of ether oxygens (including phenoxy) is 1. The van der Waals surface area contributed by atoms with E-state index in [0.29, 0.717) is 11.3 Å². The number of aromatic nitrogens is 2. The lowest BCUT2D eigenvalue weighted by atomic mass is 10.1. The molecule has 0 amide bonds.